The topological polar surface area (TPSA) is 64.9 Å². The zero-order valence-electron chi connectivity index (χ0n) is 14.8. The molecule has 3 rings (SSSR count). The van der Waals surface area contributed by atoms with Crippen molar-refractivity contribution in [3.05, 3.63) is 64.6 Å². The van der Waals surface area contributed by atoms with Gasteiger partial charge in [-0.15, -0.1) is 0 Å². The minimum Gasteiger partial charge on any atom is -0.395 e. The molecule has 5 nitrogen and oxygen atoms in total. The van der Waals surface area contributed by atoms with Crippen LogP contribution in [-0.4, -0.2) is 36.4 Å². The van der Waals surface area contributed by atoms with Gasteiger partial charge in [0.1, 0.15) is 0 Å². The van der Waals surface area contributed by atoms with Crippen molar-refractivity contribution in [1.82, 2.24) is 5.32 Å². The first-order valence-corrected chi connectivity index (χ1v) is 9.15. The number of anilines is 1. The lowest BCUT2D eigenvalue weighted by Gasteiger charge is -2.17. The summed E-state index contributed by atoms with van der Waals surface area (Å²) in [5.74, 6) is -0.136. The van der Waals surface area contributed by atoms with Crippen molar-refractivity contribution in [3.63, 3.8) is 0 Å². The second-order valence-electron chi connectivity index (χ2n) is 6.06. The molecule has 0 unspecified atom stereocenters. The van der Waals surface area contributed by atoms with Gasteiger partial charge in [-0.1, -0.05) is 24.3 Å². The Kier molecular flexibility index (Phi) is 5.75. The molecule has 2 aromatic rings. The zero-order valence-corrected chi connectivity index (χ0v) is 15.6. The molecule has 1 aliphatic heterocycles. The summed E-state index contributed by atoms with van der Waals surface area (Å²) in [7, 11) is 1.93. The summed E-state index contributed by atoms with van der Waals surface area (Å²) < 4.78 is 0. The predicted molar refractivity (Wildman–Crippen MR) is 109 cm³/mol. The van der Waals surface area contributed by atoms with Crippen LogP contribution in [0, 0.1) is 6.92 Å². The third kappa shape index (κ3) is 4.53. The van der Waals surface area contributed by atoms with Crippen LogP contribution in [0.25, 0.3) is 6.08 Å². The molecular weight excluding hydrogens is 346 g/mol. The van der Waals surface area contributed by atoms with Gasteiger partial charge in [-0.3, -0.25) is 4.79 Å². The summed E-state index contributed by atoms with van der Waals surface area (Å²) in [6.45, 7) is 2.71. The SMILES string of the molecule is Cc1cccc(N=C2NC(=O)/C(=C/c3ccc(N(C)CCO)cc3)S2)c1. The summed E-state index contributed by atoms with van der Waals surface area (Å²) in [5, 5.41) is 12.4. The highest BCUT2D eigenvalue weighted by Crippen LogP contribution is 2.28. The van der Waals surface area contributed by atoms with E-state index in [0.29, 0.717) is 16.6 Å². The zero-order chi connectivity index (χ0) is 18.5. The number of aliphatic hydroxyl groups excluding tert-OH is 1. The second-order valence-corrected chi connectivity index (χ2v) is 7.09. The van der Waals surface area contributed by atoms with Crippen molar-refractivity contribution in [2.75, 3.05) is 25.1 Å². The van der Waals surface area contributed by atoms with Crippen molar-refractivity contribution >= 4 is 40.3 Å². The van der Waals surface area contributed by atoms with E-state index in [2.05, 4.69) is 10.3 Å². The van der Waals surface area contributed by atoms with Crippen LogP contribution >= 0.6 is 11.8 Å². The van der Waals surface area contributed by atoms with Gasteiger partial charge in [-0.25, -0.2) is 4.99 Å². The number of amidine groups is 1. The quantitative estimate of drug-likeness (QED) is 0.796. The first kappa shape index (κ1) is 18.2. The molecule has 0 atom stereocenters. The highest BCUT2D eigenvalue weighted by Gasteiger charge is 2.23. The maximum Gasteiger partial charge on any atom is 0.264 e. The smallest absolute Gasteiger partial charge is 0.264 e. The molecule has 0 bridgehead atoms. The Labute approximate surface area is 157 Å². The number of aliphatic imine (C=N–C) groups is 1. The van der Waals surface area contributed by atoms with E-state index in [4.69, 9.17) is 5.11 Å². The fourth-order valence-corrected chi connectivity index (χ4v) is 3.39. The summed E-state index contributed by atoms with van der Waals surface area (Å²) >= 11 is 1.34. The molecule has 2 aromatic carbocycles. The molecule has 1 heterocycles. The Morgan fingerprint density at radius 1 is 1.23 bits per heavy atom. The lowest BCUT2D eigenvalue weighted by molar-refractivity contribution is -0.115. The summed E-state index contributed by atoms with van der Waals surface area (Å²) in [6.07, 6.45) is 1.86. The van der Waals surface area contributed by atoms with Crippen molar-refractivity contribution in [3.8, 4) is 0 Å². The number of rotatable bonds is 5. The molecule has 2 N–H and O–H groups in total. The van der Waals surface area contributed by atoms with Gasteiger partial charge in [-0.2, -0.15) is 0 Å². The van der Waals surface area contributed by atoms with Gasteiger partial charge in [0, 0.05) is 19.3 Å². The molecule has 0 aromatic heterocycles. The van der Waals surface area contributed by atoms with Crippen LogP contribution in [0.2, 0.25) is 0 Å². The summed E-state index contributed by atoms with van der Waals surface area (Å²) in [5.41, 5.74) is 3.92. The molecule has 1 amide bonds. The van der Waals surface area contributed by atoms with E-state index < -0.39 is 0 Å². The number of hydrogen-bond acceptors (Lipinski definition) is 5. The first-order valence-electron chi connectivity index (χ1n) is 8.33. The average molecular weight is 367 g/mol. The van der Waals surface area contributed by atoms with Crippen LogP contribution in [0.1, 0.15) is 11.1 Å². The second kappa shape index (κ2) is 8.21. The molecule has 0 aliphatic carbocycles. The minimum absolute atomic E-state index is 0.113. The summed E-state index contributed by atoms with van der Waals surface area (Å²) in [4.78, 5) is 19.3. The van der Waals surface area contributed by atoms with E-state index in [0.717, 1.165) is 22.5 Å². The molecule has 26 heavy (non-hydrogen) atoms. The third-order valence-corrected chi connectivity index (χ3v) is 4.86. The monoisotopic (exact) mass is 367 g/mol. The normalized spacial score (nSPS) is 17.0. The standard InChI is InChI=1S/C20H21N3O2S/c1-14-4-3-5-16(12-14)21-20-22-19(25)18(26-20)13-15-6-8-17(9-7-15)23(2)10-11-24/h3-9,12-13,24H,10-11H2,1-2H3,(H,21,22,25)/b18-13-. The van der Waals surface area contributed by atoms with Gasteiger partial charge >= 0.3 is 0 Å². The number of nitrogens with one attached hydrogen (secondary N) is 1. The van der Waals surface area contributed by atoms with E-state index >= 15 is 0 Å². The van der Waals surface area contributed by atoms with Crippen LogP contribution < -0.4 is 10.2 Å². The number of carbonyl (C=O) groups is 1. The largest absolute Gasteiger partial charge is 0.395 e. The minimum atomic E-state index is -0.136. The van der Waals surface area contributed by atoms with E-state index in [9.17, 15) is 4.79 Å². The van der Waals surface area contributed by atoms with Gasteiger partial charge in [0.05, 0.1) is 17.2 Å². The molecular formula is C20H21N3O2S. The molecule has 6 heteroatoms. The molecule has 134 valence electrons. The number of nitrogens with zero attached hydrogens (tertiary/aromatic N) is 2. The average Bonchev–Trinajstić information content (AvgIpc) is 2.95. The van der Waals surface area contributed by atoms with E-state index in [1.54, 1.807) is 0 Å². The molecule has 1 saturated heterocycles. The number of benzene rings is 2. The van der Waals surface area contributed by atoms with Crippen molar-refractivity contribution in [1.29, 1.82) is 0 Å². The maximum atomic E-state index is 12.2. The van der Waals surface area contributed by atoms with Crippen LogP contribution in [-0.2, 0) is 4.79 Å². The predicted octanol–water partition coefficient (Wildman–Crippen LogP) is 3.32. The van der Waals surface area contributed by atoms with Gasteiger partial charge < -0.3 is 15.3 Å². The van der Waals surface area contributed by atoms with E-state index in [1.165, 1.54) is 11.8 Å². The van der Waals surface area contributed by atoms with Crippen molar-refractivity contribution < 1.29 is 9.90 Å². The number of carbonyl (C=O) groups excluding carboxylic acids is 1. The van der Waals surface area contributed by atoms with Crippen LogP contribution in [0.3, 0.4) is 0 Å². The Bertz CT molecular complexity index is 860. The van der Waals surface area contributed by atoms with Gasteiger partial charge in [0.25, 0.3) is 5.91 Å². The number of aryl methyl sites for hydroxylation is 1. The van der Waals surface area contributed by atoms with E-state index in [1.807, 2.05) is 73.5 Å². The number of likely N-dealkylation sites (N-methyl/N-ethyl adjacent to an activating group) is 1. The van der Waals surface area contributed by atoms with Crippen LogP contribution in [0.5, 0.6) is 0 Å². The number of thioether (sulfide) groups is 1. The Balaban J connectivity index is 1.74. The number of hydrogen-bond donors (Lipinski definition) is 2. The fraction of sp³-hybridized carbons (Fsp3) is 0.200. The summed E-state index contributed by atoms with van der Waals surface area (Å²) in [6, 6.07) is 15.7. The first-order chi connectivity index (χ1) is 12.5. The van der Waals surface area contributed by atoms with Crippen molar-refractivity contribution in [2.24, 2.45) is 4.99 Å². The molecule has 1 fully saturated rings. The maximum absolute atomic E-state index is 12.2. The molecule has 0 spiro atoms. The lowest BCUT2D eigenvalue weighted by Crippen LogP contribution is -2.20. The molecule has 0 saturated carbocycles. The van der Waals surface area contributed by atoms with E-state index in [-0.39, 0.29) is 12.5 Å². The molecule has 1 aliphatic rings. The van der Waals surface area contributed by atoms with Crippen molar-refractivity contribution in [2.45, 2.75) is 6.92 Å². The Morgan fingerprint density at radius 2 is 2.00 bits per heavy atom. The van der Waals surface area contributed by atoms with Gasteiger partial charge in [0.2, 0.25) is 0 Å². The third-order valence-electron chi connectivity index (χ3n) is 3.95. The number of aliphatic hydroxyl groups is 1. The van der Waals surface area contributed by atoms with Gasteiger partial charge in [-0.05, 0) is 60.2 Å². The number of amides is 1. The fourth-order valence-electron chi connectivity index (χ4n) is 2.55. The Hall–Kier alpha value is -2.57. The molecule has 0 radical (unpaired) electrons. The Morgan fingerprint density at radius 3 is 2.69 bits per heavy atom. The van der Waals surface area contributed by atoms with Crippen LogP contribution in [0.15, 0.2) is 58.4 Å². The highest BCUT2D eigenvalue weighted by molar-refractivity contribution is 8.18. The lowest BCUT2D eigenvalue weighted by atomic mass is 10.2. The highest BCUT2D eigenvalue weighted by atomic mass is 32.2. The van der Waals surface area contributed by atoms with Crippen LogP contribution in [0.4, 0.5) is 11.4 Å². The van der Waals surface area contributed by atoms with Gasteiger partial charge in [0.15, 0.2) is 5.17 Å².